The smallest absolute Gasteiger partial charge is 0.276 e. The Kier molecular flexibility index (Phi) is 8.03. The molecule has 0 aromatic heterocycles. The highest BCUT2D eigenvalue weighted by molar-refractivity contribution is 9.11. The quantitative estimate of drug-likeness (QED) is 0.409. The second-order valence-corrected chi connectivity index (χ2v) is 7.84. The van der Waals surface area contributed by atoms with Crippen LogP contribution in [0.15, 0.2) is 45.3 Å². The van der Waals surface area contributed by atoms with Crippen molar-refractivity contribution in [2.45, 2.75) is 6.92 Å². The fourth-order valence-electron chi connectivity index (χ4n) is 2.02. The predicted molar refractivity (Wildman–Crippen MR) is 115 cm³/mol. The third-order valence-corrected chi connectivity index (χ3v) is 4.78. The SMILES string of the molecule is Cc1cc(Br)cc(Br)c1OCC(=O)NNC(=S)NC(=O)c1ccccc1Cl. The maximum atomic E-state index is 12.1. The average Bonchev–Trinajstić information content (AvgIpc) is 2.59. The van der Waals surface area contributed by atoms with E-state index in [-0.39, 0.29) is 17.3 Å². The molecule has 0 spiro atoms. The first-order chi connectivity index (χ1) is 12.8. The Bertz CT molecular complexity index is 872. The van der Waals surface area contributed by atoms with Crippen LogP contribution >= 0.6 is 55.7 Å². The molecule has 2 aromatic rings. The van der Waals surface area contributed by atoms with Crippen LogP contribution in [0.4, 0.5) is 0 Å². The van der Waals surface area contributed by atoms with E-state index < -0.39 is 11.8 Å². The topological polar surface area (TPSA) is 79.5 Å². The van der Waals surface area contributed by atoms with Crippen molar-refractivity contribution in [3.05, 3.63) is 61.5 Å². The number of hydrazine groups is 1. The lowest BCUT2D eigenvalue weighted by Gasteiger charge is -2.13. The van der Waals surface area contributed by atoms with Crippen LogP contribution in [-0.4, -0.2) is 23.5 Å². The van der Waals surface area contributed by atoms with Crippen molar-refractivity contribution in [2.75, 3.05) is 6.61 Å². The Morgan fingerprint density at radius 2 is 1.89 bits per heavy atom. The molecule has 6 nitrogen and oxygen atoms in total. The van der Waals surface area contributed by atoms with Gasteiger partial charge in [0, 0.05) is 4.47 Å². The van der Waals surface area contributed by atoms with E-state index >= 15 is 0 Å². The van der Waals surface area contributed by atoms with E-state index in [0.29, 0.717) is 10.8 Å². The molecule has 0 radical (unpaired) electrons. The van der Waals surface area contributed by atoms with E-state index in [0.717, 1.165) is 14.5 Å². The van der Waals surface area contributed by atoms with Crippen molar-refractivity contribution in [1.82, 2.24) is 16.2 Å². The zero-order chi connectivity index (χ0) is 20.0. The summed E-state index contributed by atoms with van der Waals surface area (Å²) in [5.74, 6) is -0.403. The van der Waals surface area contributed by atoms with Crippen molar-refractivity contribution in [3.63, 3.8) is 0 Å². The highest BCUT2D eigenvalue weighted by Gasteiger charge is 2.12. The molecule has 0 aliphatic heterocycles. The molecule has 0 unspecified atom stereocenters. The van der Waals surface area contributed by atoms with Gasteiger partial charge in [-0.25, -0.2) is 0 Å². The number of carbonyl (C=O) groups is 2. The summed E-state index contributed by atoms with van der Waals surface area (Å²) in [6, 6.07) is 10.2. The lowest BCUT2D eigenvalue weighted by atomic mass is 10.2. The molecular formula is C17H14Br2ClN3O3S. The van der Waals surface area contributed by atoms with Gasteiger partial charge in [0.2, 0.25) is 0 Å². The number of hydrogen-bond acceptors (Lipinski definition) is 4. The van der Waals surface area contributed by atoms with Gasteiger partial charge < -0.3 is 4.74 Å². The maximum absolute atomic E-state index is 12.1. The summed E-state index contributed by atoms with van der Waals surface area (Å²) in [6.45, 7) is 1.62. The van der Waals surface area contributed by atoms with E-state index in [1.165, 1.54) is 0 Å². The van der Waals surface area contributed by atoms with Crippen molar-refractivity contribution >= 4 is 72.6 Å². The van der Waals surface area contributed by atoms with Gasteiger partial charge in [-0.2, -0.15) is 0 Å². The van der Waals surface area contributed by atoms with Gasteiger partial charge in [-0.1, -0.05) is 39.7 Å². The summed E-state index contributed by atoms with van der Waals surface area (Å²) in [5.41, 5.74) is 5.91. The Morgan fingerprint density at radius 3 is 2.56 bits per heavy atom. The molecule has 0 saturated heterocycles. The van der Waals surface area contributed by atoms with Gasteiger partial charge in [0.15, 0.2) is 11.7 Å². The number of benzene rings is 2. The molecule has 10 heteroatoms. The molecule has 0 saturated carbocycles. The standard InChI is InChI=1S/C17H14Br2ClN3O3S/c1-9-6-10(18)7-12(19)15(9)26-8-14(24)22-23-17(27)21-16(25)11-4-2-3-5-13(11)20/h2-7H,8H2,1H3,(H,22,24)(H2,21,23,25,27). The number of rotatable bonds is 4. The number of amides is 2. The number of hydrogen-bond donors (Lipinski definition) is 3. The molecule has 0 heterocycles. The zero-order valence-corrected chi connectivity index (χ0v) is 18.7. The van der Waals surface area contributed by atoms with Gasteiger partial charge in [0.25, 0.3) is 11.8 Å². The fourth-order valence-corrected chi connectivity index (χ4v) is 3.94. The number of nitrogens with one attached hydrogen (secondary N) is 3. The van der Waals surface area contributed by atoms with Crippen LogP contribution in [0, 0.1) is 6.92 Å². The van der Waals surface area contributed by atoms with E-state index in [2.05, 4.69) is 48.0 Å². The molecule has 2 rings (SSSR count). The molecule has 2 amide bonds. The minimum Gasteiger partial charge on any atom is -0.482 e. The van der Waals surface area contributed by atoms with Crippen LogP contribution in [0.1, 0.15) is 15.9 Å². The van der Waals surface area contributed by atoms with Crippen LogP contribution in [0.5, 0.6) is 5.75 Å². The van der Waals surface area contributed by atoms with Crippen molar-refractivity contribution < 1.29 is 14.3 Å². The highest BCUT2D eigenvalue weighted by atomic mass is 79.9. The maximum Gasteiger partial charge on any atom is 0.276 e. The number of thiocarbonyl (C=S) groups is 1. The van der Waals surface area contributed by atoms with Crippen LogP contribution in [0.3, 0.4) is 0 Å². The van der Waals surface area contributed by atoms with E-state index in [1.807, 2.05) is 19.1 Å². The third kappa shape index (κ3) is 6.46. The molecule has 0 bridgehead atoms. The molecule has 0 fully saturated rings. The molecule has 142 valence electrons. The monoisotopic (exact) mass is 533 g/mol. The Hall–Kier alpha value is -1.68. The summed E-state index contributed by atoms with van der Waals surface area (Å²) < 4.78 is 7.13. The van der Waals surface area contributed by atoms with Crippen LogP contribution < -0.4 is 20.9 Å². The van der Waals surface area contributed by atoms with Gasteiger partial charge >= 0.3 is 0 Å². The minimum atomic E-state index is -0.488. The molecular weight excluding hydrogens is 522 g/mol. The van der Waals surface area contributed by atoms with Gasteiger partial charge in [0.1, 0.15) is 5.75 Å². The van der Waals surface area contributed by atoms with E-state index in [1.54, 1.807) is 24.3 Å². The lowest BCUT2D eigenvalue weighted by molar-refractivity contribution is -0.123. The Labute approximate surface area is 183 Å². The van der Waals surface area contributed by atoms with Crippen molar-refractivity contribution in [1.29, 1.82) is 0 Å². The summed E-state index contributed by atoms with van der Waals surface area (Å²) >= 11 is 17.7. The predicted octanol–water partition coefficient (Wildman–Crippen LogP) is 3.89. The molecule has 0 atom stereocenters. The zero-order valence-electron chi connectivity index (χ0n) is 13.9. The van der Waals surface area contributed by atoms with Crippen molar-refractivity contribution in [3.8, 4) is 5.75 Å². The summed E-state index contributed by atoms with van der Waals surface area (Å²) in [7, 11) is 0. The summed E-state index contributed by atoms with van der Waals surface area (Å²) in [6.07, 6.45) is 0. The van der Waals surface area contributed by atoms with Crippen molar-refractivity contribution in [2.24, 2.45) is 0 Å². The first-order valence-corrected chi connectivity index (χ1v) is 9.88. The van der Waals surface area contributed by atoms with Crippen LogP contribution in [-0.2, 0) is 4.79 Å². The minimum absolute atomic E-state index is 0.0747. The molecule has 2 aromatic carbocycles. The van der Waals surface area contributed by atoms with E-state index in [4.69, 9.17) is 28.6 Å². The average molecular weight is 536 g/mol. The Balaban J connectivity index is 1.81. The summed E-state index contributed by atoms with van der Waals surface area (Å²) in [4.78, 5) is 24.0. The lowest BCUT2D eigenvalue weighted by Crippen LogP contribution is -2.49. The molecule has 27 heavy (non-hydrogen) atoms. The molecule has 0 aliphatic rings. The molecule has 3 N–H and O–H groups in total. The number of halogens is 3. The number of ether oxygens (including phenoxy) is 1. The van der Waals surface area contributed by atoms with E-state index in [9.17, 15) is 9.59 Å². The number of aryl methyl sites for hydroxylation is 1. The fraction of sp³-hybridized carbons (Fsp3) is 0.118. The van der Waals surface area contributed by atoms with Crippen LogP contribution in [0.25, 0.3) is 0 Å². The summed E-state index contributed by atoms with van der Waals surface area (Å²) in [5, 5.41) is 2.64. The Morgan fingerprint density at radius 1 is 1.19 bits per heavy atom. The normalized spacial score (nSPS) is 10.1. The molecule has 0 aliphatic carbocycles. The third-order valence-electron chi connectivity index (χ3n) is 3.20. The van der Waals surface area contributed by atoms with Crippen LogP contribution in [0.2, 0.25) is 5.02 Å². The number of carbonyl (C=O) groups excluding carboxylic acids is 2. The highest BCUT2D eigenvalue weighted by Crippen LogP contribution is 2.32. The first kappa shape index (κ1) is 21.6. The second-order valence-electron chi connectivity index (χ2n) is 5.26. The second kappa shape index (κ2) is 10.0. The first-order valence-electron chi connectivity index (χ1n) is 7.51. The van der Waals surface area contributed by atoms with Gasteiger partial charge in [0.05, 0.1) is 15.1 Å². The van der Waals surface area contributed by atoms with Gasteiger partial charge in [-0.3, -0.25) is 25.8 Å². The largest absolute Gasteiger partial charge is 0.482 e. The van der Waals surface area contributed by atoms with Gasteiger partial charge in [-0.05, 0) is 64.9 Å². The van der Waals surface area contributed by atoms with Gasteiger partial charge in [-0.15, -0.1) is 0 Å².